The Morgan fingerprint density at radius 1 is 1.10 bits per heavy atom. The molecule has 0 spiro atoms. The number of carbonyl (C=O) groups excluding carboxylic acids is 2. The van der Waals surface area contributed by atoms with E-state index in [4.69, 9.17) is 9.47 Å². The number of rotatable bonds is 8. The Morgan fingerprint density at radius 2 is 1.83 bits per heavy atom. The number of hydrogen-bond donors (Lipinski definition) is 2. The van der Waals surface area contributed by atoms with Crippen LogP contribution < -0.4 is 14.8 Å². The summed E-state index contributed by atoms with van der Waals surface area (Å²) in [6.45, 7) is 1.47. The van der Waals surface area contributed by atoms with Crippen molar-refractivity contribution in [2.24, 2.45) is 0 Å². The maximum absolute atomic E-state index is 12.7. The fourth-order valence-electron chi connectivity index (χ4n) is 2.55. The highest BCUT2D eigenvalue weighted by Crippen LogP contribution is 2.26. The van der Waals surface area contributed by atoms with Crippen LogP contribution in [0.5, 0.6) is 5.75 Å². The zero-order valence-corrected chi connectivity index (χ0v) is 16.9. The molecular weight excluding hydrogens is 396 g/mol. The first kappa shape index (κ1) is 20.7. The normalized spacial score (nSPS) is 14.6. The van der Waals surface area contributed by atoms with Gasteiger partial charge in [0, 0.05) is 6.04 Å². The molecule has 9 heteroatoms. The van der Waals surface area contributed by atoms with E-state index in [0.29, 0.717) is 5.75 Å². The number of sulfonamides is 1. The number of para-hydroxylation sites is 2. The van der Waals surface area contributed by atoms with Crippen molar-refractivity contribution in [3.63, 3.8) is 0 Å². The molecule has 0 aliphatic heterocycles. The van der Waals surface area contributed by atoms with E-state index in [-0.39, 0.29) is 28.1 Å². The molecule has 0 unspecified atom stereocenters. The maximum Gasteiger partial charge on any atom is 0.338 e. The molecule has 0 bridgehead atoms. The predicted octanol–water partition coefficient (Wildman–Crippen LogP) is 2.32. The summed E-state index contributed by atoms with van der Waals surface area (Å²) in [6.07, 6.45) is 0.867. The average Bonchev–Trinajstić information content (AvgIpc) is 3.52. The number of amides is 1. The summed E-state index contributed by atoms with van der Waals surface area (Å²) in [7, 11) is -2.54. The first-order valence-corrected chi connectivity index (χ1v) is 10.6. The molecule has 2 aromatic carbocycles. The van der Waals surface area contributed by atoms with Crippen LogP contribution in [0.3, 0.4) is 0 Å². The lowest BCUT2D eigenvalue weighted by atomic mass is 10.2. The minimum atomic E-state index is -3.97. The molecule has 1 atom stereocenters. The van der Waals surface area contributed by atoms with Crippen LogP contribution in [-0.4, -0.2) is 39.5 Å². The fraction of sp³-hybridized carbons (Fsp3) is 0.300. The number of hydrogen-bond acceptors (Lipinski definition) is 6. The van der Waals surface area contributed by atoms with Crippen LogP contribution in [0.2, 0.25) is 0 Å². The van der Waals surface area contributed by atoms with E-state index in [0.717, 1.165) is 12.8 Å². The van der Waals surface area contributed by atoms with E-state index >= 15 is 0 Å². The molecule has 1 aliphatic rings. The van der Waals surface area contributed by atoms with Crippen LogP contribution in [0.4, 0.5) is 5.69 Å². The lowest BCUT2D eigenvalue weighted by molar-refractivity contribution is -0.129. The summed E-state index contributed by atoms with van der Waals surface area (Å²) >= 11 is 0. The topological polar surface area (TPSA) is 111 Å². The Bertz CT molecular complexity index is 1020. The third-order valence-corrected chi connectivity index (χ3v) is 5.67. The Balaban J connectivity index is 1.73. The maximum atomic E-state index is 12.7. The first-order valence-electron chi connectivity index (χ1n) is 9.07. The second-order valence-electron chi connectivity index (χ2n) is 6.66. The van der Waals surface area contributed by atoms with E-state index in [1.165, 1.54) is 38.3 Å². The van der Waals surface area contributed by atoms with Gasteiger partial charge in [0.05, 0.1) is 23.3 Å². The van der Waals surface area contributed by atoms with Gasteiger partial charge in [-0.1, -0.05) is 18.2 Å². The molecule has 2 aromatic rings. The zero-order valence-electron chi connectivity index (χ0n) is 16.0. The van der Waals surface area contributed by atoms with E-state index < -0.39 is 22.1 Å². The summed E-state index contributed by atoms with van der Waals surface area (Å²) < 4.78 is 38.2. The van der Waals surface area contributed by atoms with Gasteiger partial charge in [-0.25, -0.2) is 13.2 Å². The van der Waals surface area contributed by atoms with Crippen molar-refractivity contribution in [2.75, 3.05) is 11.8 Å². The van der Waals surface area contributed by atoms with Crippen molar-refractivity contribution >= 4 is 27.6 Å². The number of carbonyl (C=O) groups is 2. The highest BCUT2D eigenvalue weighted by Gasteiger charge is 2.27. The van der Waals surface area contributed by atoms with Gasteiger partial charge in [-0.2, -0.15) is 0 Å². The van der Waals surface area contributed by atoms with Crippen molar-refractivity contribution in [3.05, 3.63) is 54.1 Å². The number of esters is 1. The summed E-state index contributed by atoms with van der Waals surface area (Å²) in [5, 5.41) is 2.75. The van der Waals surface area contributed by atoms with Gasteiger partial charge in [-0.05, 0) is 50.1 Å². The second-order valence-corrected chi connectivity index (χ2v) is 8.35. The van der Waals surface area contributed by atoms with Crippen molar-refractivity contribution in [1.82, 2.24) is 5.32 Å². The molecule has 29 heavy (non-hydrogen) atoms. The third-order valence-electron chi connectivity index (χ3n) is 4.31. The van der Waals surface area contributed by atoms with E-state index in [1.807, 2.05) is 0 Å². The highest BCUT2D eigenvalue weighted by molar-refractivity contribution is 7.92. The molecule has 0 saturated heterocycles. The smallest absolute Gasteiger partial charge is 0.338 e. The molecule has 0 heterocycles. The lowest BCUT2D eigenvalue weighted by Gasteiger charge is -2.14. The SMILES string of the molecule is COc1ccccc1NS(=O)(=O)c1cccc(C(=O)O[C@H](C)C(=O)NC2CC2)c1. The van der Waals surface area contributed by atoms with E-state index in [9.17, 15) is 18.0 Å². The minimum Gasteiger partial charge on any atom is -0.495 e. The van der Waals surface area contributed by atoms with Crippen molar-refractivity contribution in [1.29, 1.82) is 0 Å². The molecule has 0 radical (unpaired) electrons. The average molecular weight is 418 g/mol. The number of nitrogens with one attached hydrogen (secondary N) is 2. The summed E-state index contributed by atoms with van der Waals surface area (Å²) in [5.74, 6) is -0.789. The molecule has 2 N–H and O–H groups in total. The van der Waals surface area contributed by atoms with Crippen LogP contribution in [0.25, 0.3) is 0 Å². The quantitative estimate of drug-likeness (QED) is 0.637. The minimum absolute atomic E-state index is 0.0268. The Kier molecular flexibility index (Phi) is 6.07. The Morgan fingerprint density at radius 3 is 2.52 bits per heavy atom. The van der Waals surface area contributed by atoms with Crippen LogP contribution in [0.1, 0.15) is 30.1 Å². The number of ether oxygens (including phenoxy) is 2. The molecule has 8 nitrogen and oxygen atoms in total. The van der Waals surface area contributed by atoms with Crippen molar-refractivity contribution in [3.8, 4) is 5.75 Å². The van der Waals surface area contributed by atoms with E-state index in [2.05, 4.69) is 10.0 Å². The monoisotopic (exact) mass is 418 g/mol. The number of methoxy groups -OCH3 is 1. The Hall–Kier alpha value is -3.07. The molecule has 154 valence electrons. The molecule has 1 saturated carbocycles. The van der Waals surface area contributed by atoms with Gasteiger partial charge >= 0.3 is 5.97 Å². The van der Waals surface area contributed by atoms with Gasteiger partial charge in [-0.3, -0.25) is 9.52 Å². The van der Waals surface area contributed by atoms with Crippen molar-refractivity contribution < 1.29 is 27.5 Å². The molecule has 0 aromatic heterocycles. The van der Waals surface area contributed by atoms with Crippen LogP contribution >= 0.6 is 0 Å². The standard InChI is InChI=1S/C20H22N2O6S/c1-13(19(23)21-15-10-11-15)28-20(24)14-6-5-7-16(12-14)29(25,26)22-17-8-3-4-9-18(17)27-2/h3-9,12-13,15,22H,10-11H2,1-2H3,(H,21,23)/t13-/m1/s1. The number of benzene rings is 2. The third kappa shape index (κ3) is 5.26. The molecule has 1 amide bonds. The van der Waals surface area contributed by atoms with Gasteiger partial charge in [0.15, 0.2) is 6.10 Å². The van der Waals surface area contributed by atoms with Crippen LogP contribution in [0, 0.1) is 0 Å². The number of anilines is 1. The van der Waals surface area contributed by atoms with Gasteiger partial charge in [0.1, 0.15) is 5.75 Å². The van der Waals surface area contributed by atoms with Crippen molar-refractivity contribution in [2.45, 2.75) is 36.8 Å². The first-order chi connectivity index (χ1) is 13.8. The summed E-state index contributed by atoms with van der Waals surface area (Å²) in [4.78, 5) is 24.2. The highest BCUT2D eigenvalue weighted by atomic mass is 32.2. The van der Waals surface area contributed by atoms with Gasteiger partial charge in [-0.15, -0.1) is 0 Å². The second kappa shape index (κ2) is 8.52. The predicted molar refractivity (Wildman–Crippen MR) is 106 cm³/mol. The van der Waals surface area contributed by atoms with Gasteiger partial charge in [0.2, 0.25) is 0 Å². The summed E-state index contributed by atoms with van der Waals surface area (Å²) in [5.41, 5.74) is 0.298. The molecular formula is C20H22N2O6S. The van der Waals surface area contributed by atoms with Crippen LogP contribution in [-0.2, 0) is 19.6 Å². The summed E-state index contributed by atoms with van der Waals surface area (Å²) in [6, 6.07) is 12.1. The van der Waals surface area contributed by atoms with Gasteiger partial charge in [0.25, 0.3) is 15.9 Å². The van der Waals surface area contributed by atoms with E-state index in [1.54, 1.807) is 24.3 Å². The molecule has 1 aliphatic carbocycles. The zero-order chi connectivity index (χ0) is 21.0. The largest absolute Gasteiger partial charge is 0.495 e. The molecule has 1 fully saturated rings. The van der Waals surface area contributed by atoms with Gasteiger partial charge < -0.3 is 14.8 Å². The Labute approximate surface area is 169 Å². The lowest BCUT2D eigenvalue weighted by Crippen LogP contribution is -2.37. The van der Waals surface area contributed by atoms with Crippen LogP contribution in [0.15, 0.2) is 53.4 Å². The molecule has 3 rings (SSSR count). The fourth-order valence-corrected chi connectivity index (χ4v) is 3.67.